The van der Waals surface area contributed by atoms with Crippen LogP contribution in [0.2, 0.25) is 0 Å². The maximum Gasteiger partial charge on any atom is 0.328 e. The molecule has 0 unspecified atom stereocenters. The summed E-state index contributed by atoms with van der Waals surface area (Å²) in [5.41, 5.74) is 1.51. The molecule has 0 saturated carbocycles. The van der Waals surface area contributed by atoms with E-state index < -0.39 is 11.5 Å². The molecule has 2 aromatic rings. The van der Waals surface area contributed by atoms with E-state index in [9.17, 15) is 14.4 Å². The highest BCUT2D eigenvalue weighted by Crippen LogP contribution is 2.38. The molecule has 8 heteroatoms. The van der Waals surface area contributed by atoms with E-state index in [4.69, 9.17) is 4.74 Å². The van der Waals surface area contributed by atoms with Gasteiger partial charge in [0.1, 0.15) is 12.1 Å². The van der Waals surface area contributed by atoms with Crippen molar-refractivity contribution in [3.8, 4) is 0 Å². The number of hydrogen-bond donors (Lipinski definition) is 0. The largest absolute Gasteiger partial charge is 0.468 e. The van der Waals surface area contributed by atoms with Crippen molar-refractivity contribution in [3.05, 3.63) is 57.8 Å². The third kappa shape index (κ3) is 4.29. The Labute approximate surface area is 192 Å². The van der Waals surface area contributed by atoms with Crippen LogP contribution in [0.15, 0.2) is 41.8 Å². The number of urea groups is 1. The smallest absolute Gasteiger partial charge is 0.328 e. The van der Waals surface area contributed by atoms with Crippen LogP contribution in [-0.2, 0) is 27.3 Å². The summed E-state index contributed by atoms with van der Waals surface area (Å²) in [6.45, 7) is 4.53. The topological polar surface area (TPSA) is 70.2 Å². The summed E-state index contributed by atoms with van der Waals surface area (Å²) < 4.78 is 4.73. The van der Waals surface area contributed by atoms with Crippen molar-refractivity contribution in [1.29, 1.82) is 0 Å². The van der Waals surface area contributed by atoms with Gasteiger partial charge in [-0.15, -0.1) is 11.3 Å². The lowest BCUT2D eigenvalue weighted by Gasteiger charge is -2.42. The zero-order chi connectivity index (χ0) is 22.7. The number of rotatable bonds is 7. The molecule has 32 heavy (non-hydrogen) atoms. The number of benzene rings is 1. The Hall–Kier alpha value is -2.71. The molecule has 0 bridgehead atoms. The summed E-state index contributed by atoms with van der Waals surface area (Å²) in [4.78, 5) is 45.1. The molecule has 2 saturated heterocycles. The van der Waals surface area contributed by atoms with Gasteiger partial charge in [-0.1, -0.05) is 30.3 Å². The molecule has 3 heterocycles. The van der Waals surface area contributed by atoms with Gasteiger partial charge >= 0.3 is 12.0 Å². The highest BCUT2D eigenvalue weighted by Gasteiger charge is 2.58. The number of imide groups is 1. The average molecular weight is 456 g/mol. The first-order valence-electron chi connectivity index (χ1n) is 10.9. The van der Waals surface area contributed by atoms with E-state index in [-0.39, 0.29) is 18.5 Å². The maximum atomic E-state index is 13.5. The minimum absolute atomic E-state index is 0.270. The molecule has 7 nitrogen and oxygen atoms in total. The van der Waals surface area contributed by atoms with Crippen molar-refractivity contribution < 1.29 is 19.1 Å². The fraction of sp³-hybridized carbons (Fsp3) is 0.458. The van der Waals surface area contributed by atoms with Crippen LogP contribution >= 0.6 is 11.3 Å². The van der Waals surface area contributed by atoms with Crippen molar-refractivity contribution >= 4 is 29.2 Å². The molecule has 0 radical (unpaired) electrons. The maximum absolute atomic E-state index is 13.5. The summed E-state index contributed by atoms with van der Waals surface area (Å²) in [7, 11) is 1.27. The summed E-state index contributed by atoms with van der Waals surface area (Å²) in [5, 5.41) is 2.10. The van der Waals surface area contributed by atoms with Crippen LogP contribution in [-0.4, -0.2) is 71.4 Å². The van der Waals surface area contributed by atoms with Crippen molar-refractivity contribution in [2.24, 2.45) is 0 Å². The molecule has 1 aromatic carbocycles. The molecule has 0 atom stereocenters. The van der Waals surface area contributed by atoms with Crippen molar-refractivity contribution in [1.82, 2.24) is 14.7 Å². The van der Waals surface area contributed by atoms with Gasteiger partial charge in [0.2, 0.25) is 0 Å². The number of ether oxygens (including phenoxy) is 1. The SMILES string of the molecule is COC(=O)CN1C(=O)N(CCc2ccccc2)C2(CCN(Cc3sccc3C)CC2)C1=O. The number of carbonyl (C=O) groups excluding carboxylic acids is 3. The summed E-state index contributed by atoms with van der Waals surface area (Å²) in [5.74, 6) is -0.856. The van der Waals surface area contributed by atoms with Crippen molar-refractivity contribution in [2.45, 2.75) is 38.3 Å². The Balaban J connectivity index is 1.52. The molecule has 2 fully saturated rings. The second-order valence-electron chi connectivity index (χ2n) is 8.47. The number of amides is 3. The van der Waals surface area contributed by atoms with Crippen LogP contribution in [0.1, 0.15) is 28.8 Å². The number of hydrogen-bond acceptors (Lipinski definition) is 6. The van der Waals surface area contributed by atoms with Gasteiger partial charge in [-0.05, 0) is 48.8 Å². The highest BCUT2D eigenvalue weighted by atomic mass is 32.1. The fourth-order valence-electron chi connectivity index (χ4n) is 4.64. The van der Waals surface area contributed by atoms with E-state index >= 15 is 0 Å². The lowest BCUT2D eigenvalue weighted by molar-refractivity contribution is -0.146. The standard InChI is InChI=1S/C24H29N3O4S/c1-18-9-15-32-20(18)16-25-13-10-24(11-14-25)22(29)26(17-21(28)31-2)23(30)27(24)12-8-19-6-4-3-5-7-19/h3-7,9,15H,8,10-14,16-17H2,1-2H3. The van der Waals surface area contributed by atoms with Gasteiger partial charge in [-0.3, -0.25) is 19.4 Å². The molecule has 0 N–H and O–H groups in total. The predicted octanol–water partition coefficient (Wildman–Crippen LogP) is 3.07. The van der Waals surface area contributed by atoms with Gasteiger partial charge in [0.15, 0.2) is 0 Å². The lowest BCUT2D eigenvalue weighted by atomic mass is 9.85. The van der Waals surface area contributed by atoms with Crippen molar-refractivity contribution in [2.75, 3.05) is 33.3 Å². The van der Waals surface area contributed by atoms with Gasteiger partial charge in [0.25, 0.3) is 5.91 Å². The van der Waals surface area contributed by atoms with Gasteiger partial charge < -0.3 is 9.64 Å². The number of piperidine rings is 1. The normalized spacial score (nSPS) is 18.6. The number of likely N-dealkylation sites (tertiary alicyclic amines) is 1. The van der Waals surface area contributed by atoms with E-state index in [0.29, 0.717) is 25.8 Å². The number of methoxy groups -OCH3 is 1. The van der Waals surface area contributed by atoms with Gasteiger partial charge in [-0.25, -0.2) is 4.79 Å². The van der Waals surface area contributed by atoms with Gasteiger partial charge in [0.05, 0.1) is 7.11 Å². The average Bonchev–Trinajstić information content (AvgIpc) is 3.29. The molecule has 170 valence electrons. The Morgan fingerprint density at radius 3 is 2.47 bits per heavy atom. The quantitative estimate of drug-likeness (QED) is 0.474. The molecule has 2 aliphatic rings. The van der Waals surface area contributed by atoms with Gasteiger partial charge in [0, 0.05) is 31.1 Å². The summed E-state index contributed by atoms with van der Waals surface area (Å²) in [6, 6.07) is 11.7. The van der Waals surface area contributed by atoms with Crippen LogP contribution in [0.5, 0.6) is 0 Å². The molecule has 0 aliphatic carbocycles. The first-order chi connectivity index (χ1) is 15.4. The first kappa shape index (κ1) is 22.5. The van der Waals surface area contributed by atoms with Crippen LogP contribution in [0.4, 0.5) is 4.79 Å². The molecule has 1 aromatic heterocycles. The van der Waals surface area contributed by atoms with Crippen molar-refractivity contribution in [3.63, 3.8) is 0 Å². The fourth-order valence-corrected chi connectivity index (χ4v) is 5.59. The minimum atomic E-state index is -0.888. The number of aryl methyl sites for hydroxylation is 1. The van der Waals surface area contributed by atoms with E-state index in [1.54, 1.807) is 16.2 Å². The number of thiophene rings is 1. The Morgan fingerprint density at radius 2 is 1.84 bits per heavy atom. The van der Waals surface area contributed by atoms with E-state index in [1.165, 1.54) is 17.6 Å². The Bertz CT molecular complexity index is 982. The molecule has 4 rings (SSSR count). The first-order valence-corrected chi connectivity index (χ1v) is 11.8. The van der Waals surface area contributed by atoms with Crippen LogP contribution in [0, 0.1) is 6.92 Å². The molecular weight excluding hydrogens is 426 g/mol. The number of carbonyl (C=O) groups is 3. The second kappa shape index (κ2) is 9.42. The Kier molecular flexibility index (Phi) is 6.62. The third-order valence-electron chi connectivity index (χ3n) is 6.62. The van der Waals surface area contributed by atoms with Crippen LogP contribution < -0.4 is 0 Å². The summed E-state index contributed by atoms with van der Waals surface area (Å²) in [6.07, 6.45) is 1.79. The monoisotopic (exact) mass is 455 g/mol. The van der Waals surface area contributed by atoms with Crippen LogP contribution in [0.3, 0.4) is 0 Å². The van der Waals surface area contributed by atoms with Crippen LogP contribution in [0.25, 0.3) is 0 Å². The number of nitrogens with zero attached hydrogens (tertiary/aromatic N) is 3. The number of esters is 1. The molecule has 3 amide bonds. The van der Waals surface area contributed by atoms with Gasteiger partial charge in [-0.2, -0.15) is 0 Å². The Morgan fingerprint density at radius 1 is 1.12 bits per heavy atom. The van der Waals surface area contributed by atoms with E-state index in [1.807, 2.05) is 30.3 Å². The third-order valence-corrected chi connectivity index (χ3v) is 7.63. The highest BCUT2D eigenvalue weighted by molar-refractivity contribution is 7.10. The van der Waals surface area contributed by atoms with E-state index in [2.05, 4.69) is 23.3 Å². The summed E-state index contributed by atoms with van der Waals surface area (Å²) >= 11 is 1.75. The minimum Gasteiger partial charge on any atom is -0.468 e. The molecular formula is C24H29N3O4S. The zero-order valence-corrected chi connectivity index (χ0v) is 19.4. The molecule has 2 aliphatic heterocycles. The predicted molar refractivity (Wildman–Crippen MR) is 122 cm³/mol. The van der Waals surface area contributed by atoms with E-state index in [0.717, 1.165) is 30.1 Å². The zero-order valence-electron chi connectivity index (χ0n) is 18.6. The second-order valence-corrected chi connectivity index (χ2v) is 9.47. The molecule has 1 spiro atoms. The lowest BCUT2D eigenvalue weighted by Crippen LogP contribution is -2.56.